The molecule has 1 heterocycles. The number of halogens is 4. The SMILES string of the molecule is Cc1cc(CN(Cc2ccccc2Cl)c2sc(-c3ccc(C(F)(F)F)cc3)nc2C)cc(C)c1OC(C)(C)C(=O)O. The maximum Gasteiger partial charge on any atom is 0.416 e. The van der Waals surface area contributed by atoms with Crippen LogP contribution in [0.4, 0.5) is 18.2 Å². The first-order valence-corrected chi connectivity index (χ1v) is 14.0. The summed E-state index contributed by atoms with van der Waals surface area (Å²) in [4.78, 5) is 18.4. The summed E-state index contributed by atoms with van der Waals surface area (Å²) in [6, 6.07) is 16.5. The highest BCUT2D eigenvalue weighted by atomic mass is 35.5. The van der Waals surface area contributed by atoms with Crippen molar-refractivity contribution in [2.24, 2.45) is 0 Å². The van der Waals surface area contributed by atoms with E-state index in [2.05, 4.69) is 4.90 Å². The summed E-state index contributed by atoms with van der Waals surface area (Å²) < 4.78 is 45.1. The van der Waals surface area contributed by atoms with Gasteiger partial charge in [0.2, 0.25) is 0 Å². The smallest absolute Gasteiger partial charge is 0.416 e. The number of hydrogen-bond donors (Lipinski definition) is 1. The molecule has 0 unspecified atom stereocenters. The number of benzene rings is 3. The van der Waals surface area contributed by atoms with Crippen LogP contribution in [-0.4, -0.2) is 21.7 Å². The van der Waals surface area contributed by atoms with Crippen LogP contribution >= 0.6 is 22.9 Å². The molecule has 1 N–H and O–H groups in total. The summed E-state index contributed by atoms with van der Waals surface area (Å²) in [7, 11) is 0. The standard InChI is InChI=1S/C31H30ClF3N2O3S/c1-18-14-21(15-19(2)26(18)40-30(4,5)29(38)39)16-37(17-23-8-6-7-9-25(23)32)28-20(3)36-27(41-28)22-10-12-24(13-11-22)31(33,34)35/h6-15H,16-17H2,1-5H3,(H,38,39). The number of hydrogen-bond acceptors (Lipinski definition) is 5. The Morgan fingerprint density at radius 3 is 2.17 bits per heavy atom. The Morgan fingerprint density at radius 1 is 1.00 bits per heavy atom. The Morgan fingerprint density at radius 2 is 1.61 bits per heavy atom. The third-order valence-electron chi connectivity index (χ3n) is 6.60. The number of carbonyl (C=O) groups is 1. The number of ether oxygens (including phenoxy) is 1. The lowest BCUT2D eigenvalue weighted by atomic mass is 10.0. The minimum absolute atomic E-state index is 0.470. The van der Waals surface area contributed by atoms with Crippen LogP contribution in [0, 0.1) is 20.8 Å². The third-order valence-corrected chi connectivity index (χ3v) is 8.24. The van der Waals surface area contributed by atoms with Crippen molar-refractivity contribution in [2.45, 2.75) is 59.5 Å². The average Bonchev–Trinajstić information content (AvgIpc) is 3.28. The molecule has 0 aliphatic rings. The van der Waals surface area contributed by atoms with E-state index >= 15 is 0 Å². The number of thiazole rings is 1. The van der Waals surface area contributed by atoms with Gasteiger partial charge in [-0.25, -0.2) is 9.78 Å². The molecule has 4 rings (SSSR count). The number of aryl methyl sites for hydroxylation is 3. The monoisotopic (exact) mass is 602 g/mol. The molecule has 0 bridgehead atoms. The van der Waals surface area contributed by atoms with E-state index in [0.717, 1.165) is 45.1 Å². The van der Waals surface area contributed by atoms with Crippen LogP contribution in [0.1, 0.15) is 47.4 Å². The van der Waals surface area contributed by atoms with Crippen molar-refractivity contribution in [3.63, 3.8) is 0 Å². The van der Waals surface area contributed by atoms with E-state index in [-0.39, 0.29) is 0 Å². The van der Waals surface area contributed by atoms with Crippen LogP contribution < -0.4 is 9.64 Å². The molecule has 0 saturated heterocycles. The molecule has 41 heavy (non-hydrogen) atoms. The highest BCUT2D eigenvalue weighted by molar-refractivity contribution is 7.19. The van der Waals surface area contributed by atoms with E-state index in [1.807, 2.05) is 57.2 Å². The van der Waals surface area contributed by atoms with E-state index in [4.69, 9.17) is 21.3 Å². The first kappa shape index (κ1) is 30.4. The second-order valence-electron chi connectivity index (χ2n) is 10.4. The number of carboxylic acids is 1. The quantitative estimate of drug-likeness (QED) is 0.207. The van der Waals surface area contributed by atoms with Crippen molar-refractivity contribution in [3.05, 3.63) is 99.2 Å². The van der Waals surface area contributed by atoms with Gasteiger partial charge in [-0.2, -0.15) is 13.2 Å². The van der Waals surface area contributed by atoms with Crippen molar-refractivity contribution >= 4 is 33.9 Å². The van der Waals surface area contributed by atoms with Gasteiger partial charge in [0.1, 0.15) is 15.8 Å². The summed E-state index contributed by atoms with van der Waals surface area (Å²) >= 11 is 7.92. The number of nitrogens with zero attached hydrogens (tertiary/aromatic N) is 2. The molecule has 1 aromatic heterocycles. The van der Waals surface area contributed by atoms with Crippen LogP contribution in [0.2, 0.25) is 5.02 Å². The molecule has 0 radical (unpaired) electrons. The lowest BCUT2D eigenvalue weighted by Gasteiger charge is -2.27. The first-order chi connectivity index (χ1) is 19.2. The van der Waals surface area contributed by atoms with Crippen molar-refractivity contribution in [2.75, 3.05) is 4.90 Å². The second-order valence-corrected chi connectivity index (χ2v) is 11.8. The minimum atomic E-state index is -4.41. The van der Waals surface area contributed by atoms with Crippen molar-refractivity contribution in [1.29, 1.82) is 0 Å². The molecular formula is C31H30ClF3N2O3S. The molecular weight excluding hydrogens is 573 g/mol. The Kier molecular flexibility index (Phi) is 8.70. The topological polar surface area (TPSA) is 62.7 Å². The molecule has 0 saturated carbocycles. The molecule has 0 amide bonds. The van der Waals surface area contributed by atoms with Crippen molar-refractivity contribution < 1.29 is 27.8 Å². The van der Waals surface area contributed by atoms with E-state index in [1.54, 1.807) is 0 Å². The normalized spacial score (nSPS) is 11.9. The summed E-state index contributed by atoms with van der Waals surface area (Å²) in [5.41, 5.74) is 2.74. The van der Waals surface area contributed by atoms with Gasteiger partial charge in [0.05, 0.1) is 11.3 Å². The summed E-state index contributed by atoms with van der Waals surface area (Å²) in [6.07, 6.45) is -4.41. The zero-order valence-electron chi connectivity index (χ0n) is 23.3. The number of carboxylic acid groups (broad SMARTS) is 1. The predicted molar refractivity (Wildman–Crippen MR) is 157 cm³/mol. The highest BCUT2D eigenvalue weighted by Crippen LogP contribution is 2.38. The number of alkyl halides is 3. The van der Waals surface area contributed by atoms with Crippen LogP contribution in [0.5, 0.6) is 5.75 Å². The Bertz CT molecular complexity index is 1540. The van der Waals surface area contributed by atoms with Gasteiger partial charge in [0.25, 0.3) is 0 Å². The second kappa shape index (κ2) is 11.7. The molecule has 4 aromatic rings. The number of rotatable bonds is 9. The van der Waals surface area contributed by atoms with E-state index < -0.39 is 23.3 Å². The van der Waals surface area contributed by atoms with Crippen LogP contribution in [0.25, 0.3) is 10.6 Å². The summed E-state index contributed by atoms with van der Waals surface area (Å²) in [5.74, 6) is -0.534. The van der Waals surface area contributed by atoms with Gasteiger partial charge in [-0.05, 0) is 75.1 Å². The van der Waals surface area contributed by atoms with Gasteiger partial charge in [-0.3, -0.25) is 0 Å². The first-order valence-electron chi connectivity index (χ1n) is 12.8. The molecule has 0 aliphatic heterocycles. The zero-order chi connectivity index (χ0) is 30.1. The fraction of sp³-hybridized carbons (Fsp3) is 0.290. The molecule has 0 aliphatic carbocycles. The Balaban J connectivity index is 1.70. The molecule has 0 atom stereocenters. The largest absolute Gasteiger partial charge is 0.478 e. The number of aliphatic carboxylic acids is 1. The Labute approximate surface area is 246 Å². The van der Waals surface area contributed by atoms with Gasteiger partial charge in [-0.1, -0.05) is 65.4 Å². The summed E-state index contributed by atoms with van der Waals surface area (Å²) in [6.45, 7) is 9.59. The van der Waals surface area contributed by atoms with E-state index in [0.29, 0.717) is 34.4 Å². The molecule has 3 aromatic carbocycles. The summed E-state index contributed by atoms with van der Waals surface area (Å²) in [5, 5.41) is 11.6. The van der Waals surface area contributed by atoms with Gasteiger partial charge in [0, 0.05) is 23.7 Å². The number of aromatic nitrogens is 1. The third kappa shape index (κ3) is 7.02. The molecule has 216 valence electrons. The van der Waals surface area contributed by atoms with Gasteiger partial charge in [0.15, 0.2) is 5.60 Å². The lowest BCUT2D eigenvalue weighted by molar-refractivity contribution is -0.152. The van der Waals surface area contributed by atoms with Gasteiger partial charge >= 0.3 is 12.1 Å². The molecule has 0 fully saturated rings. The van der Waals surface area contributed by atoms with E-state index in [9.17, 15) is 23.1 Å². The maximum atomic E-state index is 13.1. The molecule has 5 nitrogen and oxygen atoms in total. The Hall–Kier alpha value is -3.56. The number of anilines is 1. The van der Waals surface area contributed by atoms with Crippen molar-refractivity contribution in [3.8, 4) is 16.3 Å². The maximum absolute atomic E-state index is 13.1. The average molecular weight is 603 g/mol. The fourth-order valence-corrected chi connectivity index (χ4v) is 5.72. The lowest BCUT2D eigenvalue weighted by Crippen LogP contribution is -2.38. The van der Waals surface area contributed by atoms with Crippen LogP contribution in [0.3, 0.4) is 0 Å². The fourth-order valence-electron chi connectivity index (χ4n) is 4.45. The van der Waals surface area contributed by atoms with Crippen molar-refractivity contribution in [1.82, 2.24) is 4.98 Å². The highest BCUT2D eigenvalue weighted by Gasteiger charge is 2.31. The van der Waals surface area contributed by atoms with Crippen LogP contribution in [-0.2, 0) is 24.1 Å². The molecule has 10 heteroatoms. The van der Waals surface area contributed by atoms with Gasteiger partial charge in [-0.15, -0.1) is 0 Å². The van der Waals surface area contributed by atoms with Gasteiger partial charge < -0.3 is 14.7 Å². The van der Waals surface area contributed by atoms with E-state index in [1.165, 1.54) is 37.3 Å². The van der Waals surface area contributed by atoms with Crippen LogP contribution in [0.15, 0.2) is 60.7 Å². The minimum Gasteiger partial charge on any atom is -0.478 e. The molecule has 0 spiro atoms. The predicted octanol–water partition coefficient (Wildman–Crippen LogP) is 8.86. The zero-order valence-corrected chi connectivity index (χ0v) is 24.8.